The van der Waals surface area contributed by atoms with Gasteiger partial charge < -0.3 is 8.92 Å². The minimum atomic E-state index is 0.621. The highest BCUT2D eigenvalue weighted by Gasteiger charge is 1.93. The maximum Gasteiger partial charge on any atom is 0.222 e. The summed E-state index contributed by atoms with van der Waals surface area (Å²) in [7, 11) is 6.79. The molecule has 12 heavy (non-hydrogen) atoms. The van der Waals surface area contributed by atoms with Gasteiger partial charge >= 0.3 is 0 Å². The summed E-state index contributed by atoms with van der Waals surface area (Å²) >= 11 is 0.843. The van der Waals surface area contributed by atoms with E-state index in [2.05, 4.69) is 0 Å². The Morgan fingerprint density at radius 1 is 1.33 bits per heavy atom. The molecule has 0 amide bonds. The molecule has 0 fully saturated rings. The Morgan fingerprint density at radius 3 is 2.50 bits per heavy atom. The molecule has 4 heteroatoms. The van der Waals surface area contributed by atoms with Gasteiger partial charge in [0.15, 0.2) is 0 Å². The number of ether oxygens (including phenoxy) is 1. The van der Waals surface area contributed by atoms with Crippen LogP contribution in [0.25, 0.3) is 0 Å². The van der Waals surface area contributed by atoms with Gasteiger partial charge in [0.2, 0.25) is 7.12 Å². The molecule has 1 rings (SSSR count). The van der Waals surface area contributed by atoms with E-state index in [0.29, 0.717) is 6.61 Å². The lowest BCUT2D eigenvalue weighted by molar-refractivity contribution is 0.185. The van der Waals surface area contributed by atoms with Crippen LogP contribution in [0.2, 0.25) is 0 Å². The quantitative estimate of drug-likeness (QED) is 0.521. The molecule has 0 N–H and O–H groups in total. The van der Waals surface area contributed by atoms with Crippen LogP contribution in [0, 0.1) is 0 Å². The molecule has 0 atom stereocenters. The molecule has 0 aromatic heterocycles. The summed E-state index contributed by atoms with van der Waals surface area (Å²) in [5.41, 5.74) is 1.12. The third-order valence-corrected chi connectivity index (χ3v) is 1.67. The van der Waals surface area contributed by atoms with Gasteiger partial charge in [-0.25, -0.2) is 0 Å². The van der Waals surface area contributed by atoms with E-state index in [4.69, 9.17) is 16.0 Å². The highest BCUT2D eigenvalue weighted by atomic mass is 32.2. The van der Waals surface area contributed by atoms with Gasteiger partial charge in [-0.15, -0.1) is 0 Å². The third-order valence-electron chi connectivity index (χ3n) is 1.38. The number of benzene rings is 1. The maximum atomic E-state index is 5.13. The van der Waals surface area contributed by atoms with E-state index in [9.17, 15) is 0 Å². The summed E-state index contributed by atoms with van der Waals surface area (Å²) in [5.74, 6) is 0.752. The molecule has 0 saturated heterocycles. The molecular formula is C8H9BO2S. The normalized spacial score (nSPS) is 9.75. The Balaban J connectivity index is 2.58. The van der Waals surface area contributed by atoms with Crippen LogP contribution in [-0.2, 0) is 11.3 Å². The Bertz CT molecular complexity index is 200. The zero-order chi connectivity index (χ0) is 8.81. The second kappa shape index (κ2) is 5.11. The second-order valence-corrected chi connectivity index (χ2v) is 2.62. The molecule has 0 aliphatic heterocycles. The van der Waals surface area contributed by atoms with Gasteiger partial charge in [-0.1, -0.05) is 12.1 Å². The molecule has 0 spiro atoms. The van der Waals surface area contributed by atoms with Gasteiger partial charge in [-0.05, 0) is 29.6 Å². The van der Waals surface area contributed by atoms with Crippen LogP contribution in [-0.4, -0.2) is 14.2 Å². The van der Waals surface area contributed by atoms with Crippen LogP contribution in [0.1, 0.15) is 5.56 Å². The number of methoxy groups -OCH3 is 1. The number of hydrogen-bond donors (Lipinski definition) is 0. The molecule has 2 nitrogen and oxygen atoms in total. The highest BCUT2D eigenvalue weighted by Crippen LogP contribution is 2.15. The summed E-state index contributed by atoms with van der Waals surface area (Å²) in [6.45, 7) is 0.621. The van der Waals surface area contributed by atoms with Crippen molar-refractivity contribution in [1.82, 2.24) is 0 Å². The third kappa shape index (κ3) is 2.79. The smallest absolute Gasteiger partial charge is 0.222 e. The van der Waals surface area contributed by atoms with Crippen LogP contribution >= 0.6 is 11.9 Å². The van der Waals surface area contributed by atoms with E-state index in [1.165, 1.54) is 0 Å². The van der Waals surface area contributed by atoms with Crippen molar-refractivity contribution in [2.75, 3.05) is 7.11 Å². The summed E-state index contributed by atoms with van der Waals surface area (Å²) in [6.07, 6.45) is 0. The summed E-state index contributed by atoms with van der Waals surface area (Å²) in [6, 6.07) is 7.59. The van der Waals surface area contributed by atoms with Gasteiger partial charge in [0, 0.05) is 7.11 Å². The molecular weight excluding hydrogens is 171 g/mol. The van der Waals surface area contributed by atoms with Crippen molar-refractivity contribution in [1.29, 1.82) is 0 Å². The van der Waals surface area contributed by atoms with E-state index >= 15 is 0 Å². The van der Waals surface area contributed by atoms with E-state index in [1.54, 1.807) is 7.11 Å². The fourth-order valence-electron chi connectivity index (χ4n) is 0.863. The minimum Gasteiger partial charge on any atom is -0.439 e. The van der Waals surface area contributed by atoms with E-state index in [0.717, 1.165) is 23.2 Å². The first-order valence-electron chi connectivity index (χ1n) is 3.48. The van der Waals surface area contributed by atoms with Gasteiger partial charge in [0.05, 0.1) is 6.61 Å². The fraction of sp³-hybridized carbons (Fsp3) is 0.250. The first kappa shape index (κ1) is 9.48. The van der Waals surface area contributed by atoms with E-state index in [1.807, 2.05) is 24.3 Å². The largest absolute Gasteiger partial charge is 0.439 e. The monoisotopic (exact) mass is 180 g/mol. The van der Waals surface area contributed by atoms with Crippen LogP contribution in [0.5, 0.6) is 5.75 Å². The highest BCUT2D eigenvalue weighted by molar-refractivity contribution is 8.16. The molecule has 62 valence electrons. The summed E-state index contributed by atoms with van der Waals surface area (Å²) in [5, 5.41) is 0. The van der Waals surface area contributed by atoms with Crippen molar-refractivity contribution in [3.8, 4) is 5.75 Å². The average Bonchev–Trinajstić information content (AvgIpc) is 2.09. The SMILES string of the molecule is [B]SOc1ccc(COC)cc1. The molecule has 0 heterocycles. The standard InChI is InChI=1S/C8H9BO2S/c1-10-6-7-2-4-8(5-3-7)11-12-9/h2-5H,6H2,1H3. The summed E-state index contributed by atoms with van der Waals surface area (Å²) < 4.78 is 9.95. The second-order valence-electron chi connectivity index (χ2n) is 2.26. The number of rotatable bonds is 4. The first-order chi connectivity index (χ1) is 5.86. The molecule has 0 bridgehead atoms. The van der Waals surface area contributed by atoms with Crippen LogP contribution in [0.4, 0.5) is 0 Å². The van der Waals surface area contributed by atoms with Crippen LogP contribution in [0.3, 0.4) is 0 Å². The van der Waals surface area contributed by atoms with Crippen molar-refractivity contribution in [2.45, 2.75) is 6.61 Å². The molecule has 2 radical (unpaired) electrons. The van der Waals surface area contributed by atoms with Crippen LogP contribution < -0.4 is 4.18 Å². The Morgan fingerprint density at radius 2 is 2.00 bits per heavy atom. The Hall–Kier alpha value is -0.605. The molecule has 0 saturated carbocycles. The lowest BCUT2D eigenvalue weighted by Crippen LogP contribution is -1.87. The lowest BCUT2D eigenvalue weighted by Gasteiger charge is -2.02. The predicted molar refractivity (Wildman–Crippen MR) is 51.1 cm³/mol. The fourth-order valence-corrected chi connectivity index (χ4v) is 1.09. The van der Waals surface area contributed by atoms with Crippen LogP contribution in [0.15, 0.2) is 24.3 Å². The van der Waals surface area contributed by atoms with Crippen molar-refractivity contribution in [3.05, 3.63) is 29.8 Å². The van der Waals surface area contributed by atoms with E-state index in [-0.39, 0.29) is 0 Å². The van der Waals surface area contributed by atoms with Crippen molar-refractivity contribution >= 4 is 19.0 Å². The summed E-state index contributed by atoms with van der Waals surface area (Å²) in [4.78, 5) is 0. The predicted octanol–water partition coefficient (Wildman–Crippen LogP) is 1.94. The molecule has 0 aliphatic carbocycles. The molecule has 1 aromatic rings. The Kier molecular flexibility index (Phi) is 4.04. The van der Waals surface area contributed by atoms with Gasteiger partial charge in [0.25, 0.3) is 0 Å². The zero-order valence-electron chi connectivity index (χ0n) is 6.82. The molecule has 1 aromatic carbocycles. The topological polar surface area (TPSA) is 18.5 Å². The van der Waals surface area contributed by atoms with Gasteiger partial charge in [-0.2, -0.15) is 0 Å². The maximum absolute atomic E-state index is 5.13. The molecule has 0 aliphatic rings. The van der Waals surface area contributed by atoms with E-state index < -0.39 is 0 Å². The van der Waals surface area contributed by atoms with Crippen molar-refractivity contribution < 1.29 is 8.92 Å². The lowest BCUT2D eigenvalue weighted by atomic mass is 10.2. The molecule has 0 unspecified atom stereocenters. The zero-order valence-corrected chi connectivity index (χ0v) is 7.64. The van der Waals surface area contributed by atoms with Gasteiger partial charge in [0.1, 0.15) is 5.75 Å². The number of hydrogen-bond acceptors (Lipinski definition) is 3. The van der Waals surface area contributed by atoms with Crippen molar-refractivity contribution in [3.63, 3.8) is 0 Å². The Labute approximate surface area is 77.8 Å². The first-order valence-corrected chi connectivity index (χ1v) is 4.28. The van der Waals surface area contributed by atoms with Crippen molar-refractivity contribution in [2.24, 2.45) is 0 Å². The average molecular weight is 180 g/mol. The van der Waals surface area contributed by atoms with Gasteiger partial charge in [-0.3, -0.25) is 0 Å². The minimum absolute atomic E-state index is 0.621.